The highest BCUT2D eigenvalue weighted by molar-refractivity contribution is 5.83. The van der Waals surface area contributed by atoms with Gasteiger partial charge in [0.2, 0.25) is 5.91 Å². The number of hydroxylamine groups is 2. The Morgan fingerprint density at radius 1 is 1.23 bits per heavy atom. The summed E-state index contributed by atoms with van der Waals surface area (Å²) >= 11 is 0. The molecule has 0 saturated heterocycles. The van der Waals surface area contributed by atoms with E-state index >= 15 is 0 Å². The number of primary amides is 1. The van der Waals surface area contributed by atoms with Crippen LogP contribution in [0, 0.1) is 5.92 Å². The molecule has 0 fully saturated rings. The predicted molar refractivity (Wildman–Crippen MR) is 84.5 cm³/mol. The lowest BCUT2D eigenvalue weighted by molar-refractivity contribution is -0.122. The molecular weight excluding hydrogens is 282 g/mol. The molecule has 0 aliphatic carbocycles. The average molecular weight is 307 g/mol. The molecule has 0 heterocycles. The number of amides is 3. The second-order valence-electron chi connectivity index (χ2n) is 5.81. The summed E-state index contributed by atoms with van der Waals surface area (Å²) in [6.45, 7) is 6.26. The zero-order chi connectivity index (χ0) is 16.7. The number of nitrogens with two attached hydrogens (primary N) is 1. The Kier molecular flexibility index (Phi) is 6.85. The number of hydrogen-bond acceptors (Lipinski definition) is 3. The van der Waals surface area contributed by atoms with Crippen molar-refractivity contribution >= 4 is 11.9 Å². The molecule has 1 aromatic rings. The Hall–Kier alpha value is -2.08. The van der Waals surface area contributed by atoms with Crippen LogP contribution in [0.3, 0.4) is 0 Å². The first kappa shape index (κ1) is 18.0. The van der Waals surface area contributed by atoms with Crippen molar-refractivity contribution in [3.05, 3.63) is 35.4 Å². The molecule has 0 radical (unpaired) electrons. The van der Waals surface area contributed by atoms with Crippen LogP contribution >= 0.6 is 0 Å². The monoisotopic (exact) mass is 307 g/mol. The van der Waals surface area contributed by atoms with Gasteiger partial charge in [-0.25, -0.2) is 9.86 Å². The molecule has 0 spiro atoms. The number of carbonyl (C=O) groups excluding carboxylic acids is 2. The number of hydrogen-bond donors (Lipinski definition) is 3. The largest absolute Gasteiger partial charge is 0.354 e. The van der Waals surface area contributed by atoms with Crippen LogP contribution in [-0.2, 0) is 11.2 Å². The van der Waals surface area contributed by atoms with Gasteiger partial charge in [-0.05, 0) is 30.4 Å². The fraction of sp³-hybridized carbons (Fsp3) is 0.500. The van der Waals surface area contributed by atoms with Gasteiger partial charge in [0.25, 0.3) is 0 Å². The average Bonchev–Trinajstić information content (AvgIpc) is 2.46. The van der Waals surface area contributed by atoms with Crippen molar-refractivity contribution in [2.75, 3.05) is 13.1 Å². The number of rotatable bonds is 7. The van der Waals surface area contributed by atoms with Gasteiger partial charge in [0, 0.05) is 6.54 Å². The van der Waals surface area contributed by atoms with Gasteiger partial charge in [-0.15, -0.1) is 0 Å². The van der Waals surface area contributed by atoms with Crippen LogP contribution in [0.5, 0.6) is 0 Å². The smallest absolute Gasteiger partial charge is 0.338 e. The summed E-state index contributed by atoms with van der Waals surface area (Å²) in [6, 6.07) is 7.07. The van der Waals surface area contributed by atoms with Gasteiger partial charge in [-0.1, -0.05) is 38.1 Å². The van der Waals surface area contributed by atoms with Gasteiger partial charge in [0.05, 0.1) is 12.5 Å². The first-order valence-corrected chi connectivity index (χ1v) is 7.43. The van der Waals surface area contributed by atoms with E-state index in [0.29, 0.717) is 11.0 Å². The molecule has 6 heteroatoms. The molecule has 0 bridgehead atoms. The van der Waals surface area contributed by atoms with Crippen molar-refractivity contribution in [2.24, 2.45) is 11.7 Å². The molecule has 3 amide bonds. The van der Waals surface area contributed by atoms with Crippen LogP contribution < -0.4 is 11.1 Å². The van der Waals surface area contributed by atoms with Crippen molar-refractivity contribution < 1.29 is 14.8 Å². The highest BCUT2D eigenvalue weighted by atomic mass is 16.5. The Morgan fingerprint density at radius 3 is 2.32 bits per heavy atom. The van der Waals surface area contributed by atoms with Crippen LogP contribution in [-0.4, -0.2) is 35.3 Å². The van der Waals surface area contributed by atoms with Gasteiger partial charge in [-0.3, -0.25) is 10.0 Å². The van der Waals surface area contributed by atoms with E-state index in [-0.39, 0.29) is 24.9 Å². The fourth-order valence-corrected chi connectivity index (χ4v) is 2.11. The lowest BCUT2D eigenvalue weighted by Gasteiger charge is -2.15. The SMILES string of the molecule is CC(C)Cc1ccc(C(C)C(=O)NCCN(O)C(N)=O)cc1. The third-order valence-corrected chi connectivity index (χ3v) is 3.39. The highest BCUT2D eigenvalue weighted by Crippen LogP contribution is 2.17. The van der Waals surface area contributed by atoms with Crippen molar-refractivity contribution in [1.29, 1.82) is 0 Å². The third-order valence-electron chi connectivity index (χ3n) is 3.39. The van der Waals surface area contributed by atoms with Crippen LogP contribution in [0.4, 0.5) is 4.79 Å². The quantitative estimate of drug-likeness (QED) is 0.530. The molecule has 122 valence electrons. The summed E-state index contributed by atoms with van der Waals surface area (Å²) in [5, 5.41) is 12.1. The van der Waals surface area contributed by atoms with E-state index in [9.17, 15) is 9.59 Å². The van der Waals surface area contributed by atoms with Crippen molar-refractivity contribution in [3.63, 3.8) is 0 Å². The first-order valence-electron chi connectivity index (χ1n) is 7.43. The maximum Gasteiger partial charge on any atom is 0.338 e. The van der Waals surface area contributed by atoms with Gasteiger partial charge in [0.15, 0.2) is 0 Å². The summed E-state index contributed by atoms with van der Waals surface area (Å²) < 4.78 is 0. The molecule has 1 rings (SSSR count). The Morgan fingerprint density at radius 2 is 1.82 bits per heavy atom. The first-order chi connectivity index (χ1) is 10.3. The standard InChI is InChI=1S/C16H25N3O3/c1-11(2)10-13-4-6-14(7-5-13)12(3)15(20)18-8-9-19(22)16(17)21/h4-7,11-12,22H,8-10H2,1-3H3,(H2,17,21)(H,18,20). The molecular formula is C16H25N3O3. The number of urea groups is 1. The second kappa shape index (κ2) is 8.38. The Labute approximate surface area is 131 Å². The molecule has 1 aromatic carbocycles. The topological polar surface area (TPSA) is 95.7 Å². The van der Waals surface area contributed by atoms with E-state index in [1.54, 1.807) is 0 Å². The minimum atomic E-state index is -0.942. The predicted octanol–water partition coefficient (Wildman–Crippen LogP) is 1.87. The van der Waals surface area contributed by atoms with Gasteiger partial charge in [-0.2, -0.15) is 0 Å². The number of carbonyl (C=O) groups is 2. The summed E-state index contributed by atoms with van der Waals surface area (Å²) in [5.41, 5.74) is 7.06. The summed E-state index contributed by atoms with van der Waals surface area (Å²) in [4.78, 5) is 22.7. The normalized spacial score (nSPS) is 12.0. The van der Waals surface area contributed by atoms with Crippen LogP contribution in [0.15, 0.2) is 24.3 Å². The third kappa shape index (κ3) is 5.73. The summed E-state index contributed by atoms with van der Waals surface area (Å²) in [5.74, 6) is 0.140. The van der Waals surface area contributed by atoms with E-state index in [0.717, 1.165) is 12.0 Å². The molecule has 0 saturated carbocycles. The van der Waals surface area contributed by atoms with Crippen LogP contribution in [0.25, 0.3) is 0 Å². The maximum absolute atomic E-state index is 12.0. The van der Waals surface area contributed by atoms with Crippen molar-refractivity contribution in [2.45, 2.75) is 33.1 Å². The maximum atomic E-state index is 12.0. The Balaban J connectivity index is 2.50. The summed E-state index contributed by atoms with van der Waals surface area (Å²) in [7, 11) is 0. The zero-order valence-electron chi connectivity index (χ0n) is 13.4. The fourth-order valence-electron chi connectivity index (χ4n) is 2.11. The van der Waals surface area contributed by atoms with Crippen molar-refractivity contribution in [1.82, 2.24) is 10.4 Å². The number of benzene rings is 1. The molecule has 0 aliphatic rings. The lowest BCUT2D eigenvalue weighted by Crippen LogP contribution is -2.40. The van der Waals surface area contributed by atoms with Crippen molar-refractivity contribution in [3.8, 4) is 0 Å². The van der Waals surface area contributed by atoms with Gasteiger partial charge in [0.1, 0.15) is 0 Å². The van der Waals surface area contributed by atoms with Crippen LogP contribution in [0.2, 0.25) is 0 Å². The number of nitrogens with zero attached hydrogens (tertiary/aromatic N) is 1. The van der Waals surface area contributed by atoms with E-state index < -0.39 is 6.03 Å². The van der Waals surface area contributed by atoms with Gasteiger partial charge < -0.3 is 11.1 Å². The summed E-state index contributed by atoms with van der Waals surface area (Å²) in [6.07, 6.45) is 1.01. The molecule has 1 atom stereocenters. The number of nitrogens with one attached hydrogen (secondary N) is 1. The second-order valence-corrected chi connectivity index (χ2v) is 5.81. The van der Waals surface area contributed by atoms with E-state index in [4.69, 9.17) is 10.9 Å². The molecule has 0 aliphatic heterocycles. The van der Waals surface area contributed by atoms with E-state index in [2.05, 4.69) is 19.2 Å². The zero-order valence-corrected chi connectivity index (χ0v) is 13.4. The van der Waals surface area contributed by atoms with E-state index in [1.807, 2.05) is 31.2 Å². The molecule has 22 heavy (non-hydrogen) atoms. The van der Waals surface area contributed by atoms with E-state index in [1.165, 1.54) is 5.56 Å². The Bertz CT molecular complexity index is 500. The highest BCUT2D eigenvalue weighted by Gasteiger charge is 2.15. The van der Waals surface area contributed by atoms with Crippen LogP contribution in [0.1, 0.15) is 37.8 Å². The minimum absolute atomic E-state index is 0.0406. The molecule has 6 nitrogen and oxygen atoms in total. The lowest BCUT2D eigenvalue weighted by atomic mass is 9.96. The molecule has 0 aromatic heterocycles. The molecule has 1 unspecified atom stereocenters. The van der Waals surface area contributed by atoms with Gasteiger partial charge >= 0.3 is 6.03 Å². The molecule has 4 N–H and O–H groups in total. The minimum Gasteiger partial charge on any atom is -0.354 e.